The van der Waals surface area contributed by atoms with Crippen molar-refractivity contribution >= 4 is 17.7 Å². The number of hydrogen-bond donors (Lipinski definition) is 1. The average molecular weight is 520 g/mol. The Kier molecular flexibility index (Phi) is 7.46. The molecule has 1 fully saturated rings. The molecule has 190 valence electrons. The van der Waals surface area contributed by atoms with Crippen LogP contribution in [0.2, 0.25) is 0 Å². The lowest BCUT2D eigenvalue weighted by molar-refractivity contribution is -0.137. The van der Waals surface area contributed by atoms with Crippen LogP contribution in [0.25, 0.3) is 22.5 Å². The van der Waals surface area contributed by atoms with Crippen molar-refractivity contribution in [3.05, 3.63) is 89.9 Å². The van der Waals surface area contributed by atoms with E-state index < -0.39 is 11.8 Å². The van der Waals surface area contributed by atoms with Crippen molar-refractivity contribution in [1.82, 2.24) is 5.16 Å². The van der Waals surface area contributed by atoms with Crippen molar-refractivity contribution in [2.24, 2.45) is 0 Å². The van der Waals surface area contributed by atoms with Crippen LogP contribution in [0.5, 0.6) is 11.5 Å². The number of ether oxygens (including phenoxy) is 2. The molecular formula is C29H26FNO5S. The van der Waals surface area contributed by atoms with Crippen molar-refractivity contribution in [3.8, 4) is 33.9 Å². The molecule has 3 aromatic carbocycles. The van der Waals surface area contributed by atoms with E-state index in [1.807, 2.05) is 54.6 Å². The van der Waals surface area contributed by atoms with Gasteiger partial charge in [-0.05, 0) is 54.3 Å². The smallest absolute Gasteiger partial charge is 0.304 e. The van der Waals surface area contributed by atoms with E-state index in [2.05, 4.69) is 5.16 Å². The number of nitrogens with zero attached hydrogens (tertiary/aromatic N) is 1. The molecule has 37 heavy (non-hydrogen) atoms. The highest BCUT2D eigenvalue weighted by Gasteiger charge is 2.29. The maximum absolute atomic E-state index is 14.8. The molecule has 8 heteroatoms. The summed E-state index contributed by atoms with van der Waals surface area (Å²) in [6.07, 6.45) is 2.31. The molecule has 1 atom stereocenters. The monoisotopic (exact) mass is 519 g/mol. The van der Waals surface area contributed by atoms with Gasteiger partial charge in [-0.15, -0.1) is 11.8 Å². The first kappa shape index (κ1) is 24.9. The Hall–Kier alpha value is -3.78. The number of rotatable bonds is 11. The average Bonchev–Trinajstić information content (AvgIpc) is 3.63. The molecule has 4 aromatic rings. The molecule has 0 amide bonds. The van der Waals surface area contributed by atoms with Crippen LogP contribution in [0.15, 0.2) is 77.3 Å². The minimum absolute atomic E-state index is 0.0571. The zero-order valence-electron chi connectivity index (χ0n) is 20.2. The quantitative estimate of drug-likeness (QED) is 0.225. The molecule has 5 rings (SSSR count). The Morgan fingerprint density at radius 1 is 1.11 bits per heavy atom. The fourth-order valence-corrected chi connectivity index (χ4v) is 5.52. The highest BCUT2D eigenvalue weighted by atomic mass is 32.2. The fourth-order valence-electron chi connectivity index (χ4n) is 4.11. The number of carboxylic acids is 1. The minimum Gasteiger partial charge on any atom is -0.497 e. The molecule has 6 nitrogen and oxygen atoms in total. The highest BCUT2D eigenvalue weighted by molar-refractivity contribution is 8.00. The van der Waals surface area contributed by atoms with Gasteiger partial charge in [-0.2, -0.15) is 0 Å². The Bertz CT molecular complexity index is 1390. The number of carbonyl (C=O) groups is 1. The number of carboxylic acid groups (broad SMARTS) is 1. The molecule has 0 aliphatic heterocycles. The summed E-state index contributed by atoms with van der Waals surface area (Å²) in [5, 5.41) is 14.0. The number of thioether (sulfide) groups is 1. The first-order valence-electron chi connectivity index (χ1n) is 12.0. The fraction of sp³-hybridized carbons (Fsp3) is 0.241. The third kappa shape index (κ3) is 5.97. The minimum atomic E-state index is -0.822. The molecule has 1 aromatic heterocycles. The van der Waals surface area contributed by atoms with Gasteiger partial charge in [0.25, 0.3) is 0 Å². The zero-order valence-corrected chi connectivity index (χ0v) is 21.0. The number of halogens is 1. The van der Waals surface area contributed by atoms with E-state index in [9.17, 15) is 14.3 Å². The van der Waals surface area contributed by atoms with E-state index in [1.165, 1.54) is 13.2 Å². The van der Waals surface area contributed by atoms with Crippen LogP contribution in [0, 0.1) is 5.82 Å². The van der Waals surface area contributed by atoms with E-state index in [-0.39, 0.29) is 29.6 Å². The van der Waals surface area contributed by atoms with Crippen molar-refractivity contribution in [3.63, 3.8) is 0 Å². The van der Waals surface area contributed by atoms with Crippen molar-refractivity contribution in [2.45, 2.75) is 36.4 Å². The van der Waals surface area contributed by atoms with Gasteiger partial charge in [0.1, 0.15) is 29.6 Å². The molecular weight excluding hydrogens is 493 g/mol. The number of methoxy groups -OCH3 is 1. The van der Waals surface area contributed by atoms with E-state index in [1.54, 1.807) is 23.9 Å². The summed E-state index contributed by atoms with van der Waals surface area (Å²) in [7, 11) is 1.52. The summed E-state index contributed by atoms with van der Waals surface area (Å²) in [5.74, 6) is 0.114. The summed E-state index contributed by atoms with van der Waals surface area (Å²) in [6, 6.07) is 21.5. The standard InChI is InChI=1S/C29H26FNO5S/c1-34-20-10-13-24(30)23(15-20)29-28(18-6-3-2-4-7-18)25(31-36-29)17-35-21-9-5-8-19(14-21)26(16-27(32)33)37-22-11-12-22/h2-10,13-15,22,26H,11-12,16-17H2,1H3,(H,32,33). The Morgan fingerprint density at radius 3 is 2.65 bits per heavy atom. The van der Waals surface area contributed by atoms with E-state index in [0.717, 1.165) is 24.0 Å². The van der Waals surface area contributed by atoms with Crippen LogP contribution in [0.3, 0.4) is 0 Å². The second kappa shape index (κ2) is 11.1. The lowest BCUT2D eigenvalue weighted by atomic mass is 9.99. The van der Waals surface area contributed by atoms with E-state index in [0.29, 0.717) is 28.0 Å². The van der Waals surface area contributed by atoms with Gasteiger partial charge >= 0.3 is 5.97 Å². The molecule has 0 saturated heterocycles. The zero-order chi connectivity index (χ0) is 25.8. The molecule has 0 bridgehead atoms. The summed E-state index contributed by atoms with van der Waals surface area (Å²) in [6.45, 7) is 0.0854. The Morgan fingerprint density at radius 2 is 1.92 bits per heavy atom. The van der Waals surface area contributed by atoms with Gasteiger partial charge < -0.3 is 19.1 Å². The number of aromatic nitrogens is 1. The van der Waals surface area contributed by atoms with Gasteiger partial charge in [0, 0.05) is 10.5 Å². The SMILES string of the molecule is COc1ccc(F)c(-c2onc(COc3cccc(C(CC(=O)O)SC4CC4)c3)c2-c2ccccc2)c1. The first-order chi connectivity index (χ1) is 18.0. The van der Waals surface area contributed by atoms with Gasteiger partial charge in [0.2, 0.25) is 0 Å². The lowest BCUT2D eigenvalue weighted by Gasteiger charge is -2.16. The highest BCUT2D eigenvalue weighted by Crippen LogP contribution is 2.45. The molecule has 1 saturated carbocycles. The van der Waals surface area contributed by atoms with Crippen LogP contribution < -0.4 is 9.47 Å². The van der Waals surface area contributed by atoms with Crippen molar-refractivity contribution < 1.29 is 28.3 Å². The molecule has 0 spiro atoms. The maximum Gasteiger partial charge on any atom is 0.304 e. The largest absolute Gasteiger partial charge is 0.497 e. The molecule has 1 N–H and O–H groups in total. The summed E-state index contributed by atoms with van der Waals surface area (Å²) >= 11 is 1.71. The normalized spacial score (nSPS) is 13.8. The second-order valence-corrected chi connectivity index (χ2v) is 10.3. The summed E-state index contributed by atoms with van der Waals surface area (Å²) in [5.41, 5.74) is 3.13. The molecule has 1 aliphatic rings. The second-order valence-electron chi connectivity index (χ2n) is 8.83. The topological polar surface area (TPSA) is 81.8 Å². The lowest BCUT2D eigenvalue weighted by Crippen LogP contribution is -2.05. The van der Waals surface area contributed by atoms with E-state index >= 15 is 0 Å². The number of aliphatic carboxylic acids is 1. The molecule has 1 heterocycles. The summed E-state index contributed by atoms with van der Waals surface area (Å²) < 4.78 is 31.9. The molecule has 0 radical (unpaired) electrons. The molecule has 1 aliphatic carbocycles. The van der Waals surface area contributed by atoms with Gasteiger partial charge in [0.15, 0.2) is 5.76 Å². The Balaban J connectivity index is 1.44. The van der Waals surface area contributed by atoms with Crippen LogP contribution >= 0.6 is 11.8 Å². The van der Waals surface area contributed by atoms with Crippen LogP contribution in [0.4, 0.5) is 4.39 Å². The third-order valence-electron chi connectivity index (χ3n) is 6.09. The van der Waals surface area contributed by atoms with Gasteiger partial charge in [-0.3, -0.25) is 4.79 Å². The summed E-state index contributed by atoms with van der Waals surface area (Å²) in [4.78, 5) is 11.4. The number of hydrogen-bond acceptors (Lipinski definition) is 6. The molecule has 1 unspecified atom stereocenters. The van der Waals surface area contributed by atoms with Crippen molar-refractivity contribution in [1.29, 1.82) is 0 Å². The first-order valence-corrected chi connectivity index (χ1v) is 12.9. The Labute approximate surface area is 218 Å². The van der Waals surface area contributed by atoms with Gasteiger partial charge in [0.05, 0.1) is 24.7 Å². The van der Waals surface area contributed by atoms with Gasteiger partial charge in [-0.1, -0.05) is 47.6 Å². The third-order valence-corrected chi connectivity index (χ3v) is 7.71. The predicted molar refractivity (Wildman–Crippen MR) is 140 cm³/mol. The maximum atomic E-state index is 14.8. The van der Waals surface area contributed by atoms with Gasteiger partial charge in [-0.25, -0.2) is 4.39 Å². The van der Waals surface area contributed by atoms with Crippen LogP contribution in [0.1, 0.15) is 35.8 Å². The van der Waals surface area contributed by atoms with E-state index in [4.69, 9.17) is 14.0 Å². The number of benzene rings is 3. The predicted octanol–water partition coefficient (Wildman–Crippen LogP) is 7.15. The van der Waals surface area contributed by atoms with Crippen molar-refractivity contribution in [2.75, 3.05) is 7.11 Å². The van der Waals surface area contributed by atoms with Crippen LogP contribution in [-0.4, -0.2) is 28.6 Å². The van der Waals surface area contributed by atoms with Crippen LogP contribution in [-0.2, 0) is 11.4 Å².